The van der Waals surface area contributed by atoms with E-state index in [1.807, 2.05) is 60.7 Å². The molecule has 3 aromatic rings. The number of hydrogen-bond donors (Lipinski definition) is 1. The molecule has 0 radical (unpaired) electrons. The van der Waals surface area contributed by atoms with Crippen LogP contribution in [0.25, 0.3) is 0 Å². The molecule has 0 saturated carbocycles. The molecule has 2 aromatic carbocycles. The summed E-state index contributed by atoms with van der Waals surface area (Å²) in [4.78, 5) is 35.3. The quantitative estimate of drug-likeness (QED) is 0.397. The van der Waals surface area contributed by atoms with Crippen LogP contribution in [0.4, 0.5) is 5.69 Å². The summed E-state index contributed by atoms with van der Waals surface area (Å²) >= 11 is 7.53. The first-order valence-electron chi connectivity index (χ1n) is 13.9. The van der Waals surface area contributed by atoms with Gasteiger partial charge in [0.15, 0.2) is 5.78 Å². The predicted molar refractivity (Wildman–Crippen MR) is 158 cm³/mol. The molecule has 2 unspecified atom stereocenters. The molecule has 0 bridgehead atoms. The largest absolute Gasteiger partial charge is 0.474 e. The van der Waals surface area contributed by atoms with E-state index in [9.17, 15) is 9.59 Å². The highest BCUT2D eigenvalue weighted by atomic mass is 35.5. The fourth-order valence-electron chi connectivity index (χ4n) is 5.54. The van der Waals surface area contributed by atoms with Crippen molar-refractivity contribution in [3.05, 3.63) is 83.0 Å². The van der Waals surface area contributed by atoms with E-state index in [0.717, 1.165) is 37.2 Å². The van der Waals surface area contributed by atoms with Crippen molar-refractivity contribution < 1.29 is 23.8 Å². The van der Waals surface area contributed by atoms with Gasteiger partial charge in [0.05, 0.1) is 37.1 Å². The highest BCUT2D eigenvalue weighted by Crippen LogP contribution is 2.41. The molecule has 1 N–H and O–H groups in total. The third-order valence-corrected chi connectivity index (χ3v) is 9.51. The third kappa shape index (κ3) is 6.09. The van der Waals surface area contributed by atoms with Crippen LogP contribution in [0.15, 0.2) is 71.6 Å². The highest BCUT2D eigenvalue weighted by molar-refractivity contribution is 8.01. The summed E-state index contributed by atoms with van der Waals surface area (Å²) in [7, 11) is 0. The molecule has 8 nitrogen and oxygen atoms in total. The first-order chi connectivity index (χ1) is 20.0. The van der Waals surface area contributed by atoms with Gasteiger partial charge < -0.3 is 24.4 Å². The summed E-state index contributed by atoms with van der Waals surface area (Å²) in [5, 5.41) is 2.81. The van der Waals surface area contributed by atoms with E-state index in [0.29, 0.717) is 47.9 Å². The number of halogens is 1. The van der Waals surface area contributed by atoms with Gasteiger partial charge in [0, 0.05) is 49.0 Å². The van der Waals surface area contributed by atoms with Crippen molar-refractivity contribution >= 4 is 40.7 Å². The molecule has 10 heteroatoms. The number of nitrogens with zero attached hydrogens (tertiary/aromatic N) is 2. The van der Waals surface area contributed by atoms with Gasteiger partial charge in [-0.25, -0.2) is 4.98 Å². The maximum absolute atomic E-state index is 13.8. The number of anilines is 1. The van der Waals surface area contributed by atoms with E-state index in [4.69, 9.17) is 30.8 Å². The number of ether oxygens (including phenoxy) is 3. The Bertz CT molecular complexity index is 1370. The van der Waals surface area contributed by atoms with Crippen molar-refractivity contribution in [1.82, 2.24) is 10.3 Å². The van der Waals surface area contributed by atoms with Crippen molar-refractivity contribution in [3.63, 3.8) is 0 Å². The van der Waals surface area contributed by atoms with E-state index in [1.165, 1.54) is 11.8 Å². The number of thioether (sulfide) groups is 1. The van der Waals surface area contributed by atoms with Crippen LogP contribution >= 0.6 is 23.4 Å². The Morgan fingerprint density at radius 2 is 1.66 bits per heavy atom. The summed E-state index contributed by atoms with van der Waals surface area (Å²) in [6, 6.07) is 20.8. The van der Waals surface area contributed by atoms with Crippen LogP contribution in [-0.4, -0.2) is 67.5 Å². The summed E-state index contributed by atoms with van der Waals surface area (Å²) in [5.74, 6) is -0.0950. The summed E-state index contributed by atoms with van der Waals surface area (Å²) in [6.45, 7) is 4.30. The second-order valence-electron chi connectivity index (χ2n) is 10.4. The van der Waals surface area contributed by atoms with Crippen molar-refractivity contribution in [2.45, 2.75) is 41.1 Å². The van der Waals surface area contributed by atoms with Gasteiger partial charge in [-0.05, 0) is 35.9 Å². The smallest absolute Gasteiger partial charge is 0.242 e. The molecule has 0 spiro atoms. The van der Waals surface area contributed by atoms with E-state index < -0.39 is 10.8 Å². The molecule has 3 saturated heterocycles. The lowest BCUT2D eigenvalue weighted by molar-refractivity contribution is -0.133. The molecule has 214 valence electrons. The van der Waals surface area contributed by atoms with Crippen molar-refractivity contribution in [2.24, 2.45) is 0 Å². The van der Waals surface area contributed by atoms with Crippen molar-refractivity contribution in [1.29, 1.82) is 0 Å². The Labute approximate surface area is 248 Å². The van der Waals surface area contributed by atoms with Crippen LogP contribution in [0.2, 0.25) is 5.02 Å². The molecular formula is C31H32ClN3O5S. The number of nitrogens with one attached hydrogen (secondary N) is 1. The monoisotopic (exact) mass is 593 g/mol. The molecule has 1 amide bonds. The van der Waals surface area contributed by atoms with Gasteiger partial charge in [-0.3, -0.25) is 9.59 Å². The van der Waals surface area contributed by atoms with Crippen LogP contribution in [0.3, 0.4) is 0 Å². The molecule has 6 rings (SSSR count). The Balaban J connectivity index is 1.33. The van der Waals surface area contributed by atoms with Crippen LogP contribution in [0.1, 0.15) is 30.5 Å². The molecule has 1 aromatic heterocycles. The first kappa shape index (κ1) is 28.0. The minimum absolute atomic E-state index is 0.00855. The minimum Gasteiger partial charge on any atom is -0.474 e. The lowest BCUT2D eigenvalue weighted by atomic mass is 9.78. The van der Waals surface area contributed by atoms with Gasteiger partial charge in [-0.15, -0.1) is 11.8 Å². The number of pyridine rings is 1. The number of Topliss-reactive ketones (excluding diaryl/α,β-unsaturated/α-hetero) is 1. The number of ketones is 1. The van der Waals surface area contributed by atoms with Gasteiger partial charge in [-0.2, -0.15) is 0 Å². The fraction of sp³-hybridized carbons (Fsp3) is 0.387. The molecule has 3 aliphatic heterocycles. The van der Waals surface area contributed by atoms with E-state index in [-0.39, 0.29) is 24.2 Å². The minimum atomic E-state index is -1.15. The van der Waals surface area contributed by atoms with E-state index in [1.54, 1.807) is 6.07 Å². The number of hydrogen-bond acceptors (Lipinski definition) is 8. The lowest BCUT2D eigenvalue weighted by Crippen LogP contribution is -2.58. The molecule has 3 fully saturated rings. The molecule has 4 heterocycles. The summed E-state index contributed by atoms with van der Waals surface area (Å²) in [6.07, 6.45) is 1.63. The third-order valence-electron chi connectivity index (χ3n) is 7.74. The van der Waals surface area contributed by atoms with Crippen molar-refractivity contribution in [3.8, 4) is 5.88 Å². The standard InChI is InChI=1S/C31H32ClN3O5S/c32-24-4-1-2-5-26(24)41-29-25(36)20-31(34-30(29)37,21-8-10-22(11-9-21)35-14-18-39-19-15-35)27-6-3-7-28(33-27)40-23-12-16-38-17-13-23/h1-11,23,29H,12-20H2,(H,34,37). The molecule has 0 aliphatic carbocycles. The fourth-order valence-corrected chi connectivity index (χ4v) is 6.79. The zero-order valence-corrected chi connectivity index (χ0v) is 24.2. The Morgan fingerprint density at radius 1 is 0.927 bits per heavy atom. The van der Waals surface area contributed by atoms with Gasteiger partial charge >= 0.3 is 0 Å². The lowest BCUT2D eigenvalue weighted by Gasteiger charge is -2.40. The second-order valence-corrected chi connectivity index (χ2v) is 12.0. The highest BCUT2D eigenvalue weighted by Gasteiger charge is 2.48. The van der Waals surface area contributed by atoms with Crippen LogP contribution in [0.5, 0.6) is 5.88 Å². The number of amides is 1. The van der Waals surface area contributed by atoms with Gasteiger partial charge in [0.1, 0.15) is 16.9 Å². The number of aromatic nitrogens is 1. The molecule has 3 aliphatic rings. The Kier molecular flexibility index (Phi) is 8.48. The molecule has 41 heavy (non-hydrogen) atoms. The summed E-state index contributed by atoms with van der Waals surface area (Å²) < 4.78 is 17.2. The summed E-state index contributed by atoms with van der Waals surface area (Å²) in [5.41, 5.74) is 1.26. The predicted octanol–water partition coefficient (Wildman–Crippen LogP) is 4.62. The van der Waals surface area contributed by atoms with Crippen LogP contribution in [-0.2, 0) is 24.6 Å². The average Bonchev–Trinajstić information content (AvgIpc) is 3.01. The average molecular weight is 594 g/mol. The number of piperidine rings is 1. The van der Waals surface area contributed by atoms with Gasteiger partial charge in [-0.1, -0.05) is 41.9 Å². The van der Waals surface area contributed by atoms with E-state index >= 15 is 0 Å². The topological polar surface area (TPSA) is 90.0 Å². The van der Waals surface area contributed by atoms with Gasteiger partial charge in [0.25, 0.3) is 0 Å². The van der Waals surface area contributed by atoms with Crippen LogP contribution in [0, 0.1) is 0 Å². The Hall–Kier alpha value is -3.11. The number of carbonyl (C=O) groups excluding carboxylic acids is 2. The zero-order valence-electron chi connectivity index (χ0n) is 22.6. The SMILES string of the molecule is O=C1CC(c2ccc(N3CCOCC3)cc2)(c2cccc(OC3CCOCC3)n2)NC(=O)C1Sc1ccccc1Cl. The number of rotatable bonds is 7. The van der Waals surface area contributed by atoms with E-state index in [2.05, 4.69) is 10.2 Å². The number of benzene rings is 2. The maximum atomic E-state index is 13.8. The van der Waals surface area contributed by atoms with Crippen molar-refractivity contribution in [2.75, 3.05) is 44.4 Å². The Morgan fingerprint density at radius 3 is 2.39 bits per heavy atom. The number of carbonyl (C=O) groups is 2. The molecular weight excluding hydrogens is 562 g/mol. The number of morpholine rings is 1. The maximum Gasteiger partial charge on any atom is 0.242 e. The van der Waals surface area contributed by atoms with Gasteiger partial charge in [0.2, 0.25) is 11.8 Å². The molecule has 2 atom stereocenters. The zero-order chi connectivity index (χ0) is 28.2. The van der Waals surface area contributed by atoms with Crippen LogP contribution < -0.4 is 15.0 Å². The first-order valence-corrected chi connectivity index (χ1v) is 15.2. The second kappa shape index (κ2) is 12.4. The normalized spacial score (nSPS) is 23.7.